The second kappa shape index (κ2) is 7.14. The first-order chi connectivity index (χ1) is 12.0. The van der Waals surface area contributed by atoms with Crippen molar-refractivity contribution in [1.29, 1.82) is 0 Å². The minimum Gasteiger partial charge on any atom is -0.386 e. The summed E-state index contributed by atoms with van der Waals surface area (Å²) < 4.78 is 0. The number of aromatic nitrogens is 3. The molecule has 2 aromatic heterocycles. The van der Waals surface area contributed by atoms with Gasteiger partial charge in [-0.05, 0) is 31.9 Å². The van der Waals surface area contributed by atoms with Crippen molar-refractivity contribution in [2.75, 3.05) is 31.6 Å². The van der Waals surface area contributed by atoms with Crippen molar-refractivity contribution in [3.8, 4) is 0 Å². The van der Waals surface area contributed by atoms with Crippen molar-refractivity contribution < 1.29 is 9.90 Å². The van der Waals surface area contributed by atoms with Gasteiger partial charge in [0.15, 0.2) is 0 Å². The average molecular weight is 341 g/mol. The number of hydrogen-bond acceptors (Lipinski definition) is 6. The molecule has 2 aromatic rings. The Balaban J connectivity index is 1.70. The number of rotatable bonds is 4. The maximum absolute atomic E-state index is 12.6. The lowest BCUT2D eigenvalue weighted by atomic mass is 9.92. The van der Waals surface area contributed by atoms with Crippen molar-refractivity contribution in [2.45, 2.75) is 25.4 Å². The summed E-state index contributed by atoms with van der Waals surface area (Å²) in [6, 6.07) is 5.74. The molecule has 0 radical (unpaired) electrons. The van der Waals surface area contributed by atoms with Crippen LogP contribution in [0.1, 0.15) is 28.9 Å². The number of β-amino-alcohol motifs (C(OH)–C–C–N with tert-alkyl or cyclic N) is 1. The molecule has 25 heavy (non-hydrogen) atoms. The molecule has 1 N–H and O–H groups in total. The molecule has 7 nitrogen and oxygen atoms in total. The molecule has 7 heteroatoms. The Hall–Kier alpha value is -2.54. The van der Waals surface area contributed by atoms with Crippen LogP contribution >= 0.6 is 0 Å². The molecule has 0 unspecified atom stereocenters. The Morgan fingerprint density at radius 3 is 2.96 bits per heavy atom. The van der Waals surface area contributed by atoms with E-state index in [9.17, 15) is 9.90 Å². The van der Waals surface area contributed by atoms with Crippen LogP contribution in [-0.4, -0.2) is 63.1 Å². The fourth-order valence-electron chi connectivity index (χ4n) is 3.30. The summed E-state index contributed by atoms with van der Waals surface area (Å²) in [7, 11) is 1.70. The van der Waals surface area contributed by atoms with E-state index in [0.717, 1.165) is 18.8 Å². The minimum absolute atomic E-state index is 0.179. The Kier molecular flexibility index (Phi) is 4.94. The van der Waals surface area contributed by atoms with Gasteiger partial charge in [-0.1, -0.05) is 6.07 Å². The number of aryl methyl sites for hydroxylation is 1. The summed E-state index contributed by atoms with van der Waals surface area (Å²) in [5.74, 6) is 0.670. The van der Waals surface area contributed by atoms with Gasteiger partial charge in [0.05, 0.1) is 23.4 Å². The van der Waals surface area contributed by atoms with Crippen LogP contribution in [0.15, 0.2) is 36.9 Å². The summed E-state index contributed by atoms with van der Waals surface area (Å²) in [6.45, 7) is 3.33. The normalized spacial score (nSPS) is 20.4. The number of aliphatic hydroxyl groups is 1. The van der Waals surface area contributed by atoms with E-state index in [1.54, 1.807) is 25.1 Å². The van der Waals surface area contributed by atoms with E-state index >= 15 is 0 Å². The summed E-state index contributed by atoms with van der Waals surface area (Å²) in [6.07, 6.45) is 6.19. The van der Waals surface area contributed by atoms with E-state index in [2.05, 4.69) is 19.9 Å². The fourth-order valence-corrected chi connectivity index (χ4v) is 3.30. The summed E-state index contributed by atoms with van der Waals surface area (Å²) in [5, 5.41) is 11.0. The second-order valence-corrected chi connectivity index (χ2v) is 6.62. The molecule has 1 amide bonds. The van der Waals surface area contributed by atoms with Crippen LogP contribution in [0.3, 0.4) is 0 Å². The number of carbonyl (C=O) groups is 1. The monoisotopic (exact) mass is 341 g/mol. The van der Waals surface area contributed by atoms with Gasteiger partial charge in [0.25, 0.3) is 5.91 Å². The van der Waals surface area contributed by atoms with Crippen LogP contribution in [0, 0.1) is 6.92 Å². The highest BCUT2D eigenvalue weighted by molar-refractivity contribution is 5.94. The largest absolute Gasteiger partial charge is 0.386 e. The van der Waals surface area contributed by atoms with Gasteiger partial charge >= 0.3 is 0 Å². The predicted molar refractivity (Wildman–Crippen MR) is 94.4 cm³/mol. The van der Waals surface area contributed by atoms with Gasteiger partial charge in [0.2, 0.25) is 0 Å². The Morgan fingerprint density at radius 1 is 1.40 bits per heavy atom. The SMILES string of the molecule is Cc1ncncc1C(=O)N(C)C[C@@]1(O)CCCN(c2ccccn2)C1. The van der Waals surface area contributed by atoms with Gasteiger partial charge in [-0.3, -0.25) is 4.79 Å². The number of pyridine rings is 1. The predicted octanol–water partition coefficient (Wildman–Crippen LogP) is 1.28. The number of anilines is 1. The first kappa shape index (κ1) is 17.3. The number of likely N-dealkylation sites (N-methyl/N-ethyl adjacent to an activating group) is 1. The van der Waals surface area contributed by atoms with Crippen LogP contribution in [0.4, 0.5) is 5.82 Å². The Bertz CT molecular complexity index is 739. The van der Waals surface area contributed by atoms with Gasteiger partial charge in [-0.25, -0.2) is 15.0 Å². The highest BCUT2D eigenvalue weighted by Crippen LogP contribution is 2.26. The standard InChI is InChI=1S/C18H23N5O2/c1-14-15(10-19-13-21-14)17(24)22(2)11-18(25)7-5-9-23(12-18)16-6-3-4-8-20-16/h3-4,6,8,10,13,25H,5,7,9,11-12H2,1-2H3/t18-/m0/s1. The number of nitrogens with zero attached hydrogens (tertiary/aromatic N) is 5. The third kappa shape index (κ3) is 3.93. The van der Waals surface area contributed by atoms with Gasteiger partial charge in [0.1, 0.15) is 12.1 Å². The smallest absolute Gasteiger partial charge is 0.257 e. The number of piperidine rings is 1. The lowest BCUT2D eigenvalue weighted by Gasteiger charge is -2.41. The minimum atomic E-state index is -0.969. The first-order valence-electron chi connectivity index (χ1n) is 8.39. The third-order valence-corrected chi connectivity index (χ3v) is 4.55. The van der Waals surface area contributed by atoms with E-state index in [1.165, 1.54) is 12.5 Å². The lowest BCUT2D eigenvalue weighted by Crippen LogP contribution is -2.55. The Morgan fingerprint density at radius 2 is 2.24 bits per heavy atom. The van der Waals surface area contributed by atoms with Crippen LogP contribution in [0.25, 0.3) is 0 Å². The third-order valence-electron chi connectivity index (χ3n) is 4.55. The molecule has 3 heterocycles. The van der Waals surface area contributed by atoms with Gasteiger partial charge < -0.3 is 14.9 Å². The van der Waals surface area contributed by atoms with Crippen molar-refractivity contribution in [2.24, 2.45) is 0 Å². The van der Waals surface area contributed by atoms with Crippen molar-refractivity contribution >= 4 is 11.7 Å². The van der Waals surface area contributed by atoms with Crippen molar-refractivity contribution in [3.05, 3.63) is 48.2 Å². The summed E-state index contributed by atoms with van der Waals surface area (Å²) in [4.78, 5) is 28.6. The second-order valence-electron chi connectivity index (χ2n) is 6.62. The molecule has 1 atom stereocenters. The zero-order valence-electron chi connectivity index (χ0n) is 14.6. The van der Waals surface area contributed by atoms with Gasteiger partial charge in [0, 0.05) is 32.5 Å². The average Bonchev–Trinajstić information content (AvgIpc) is 2.62. The van der Waals surface area contributed by atoms with E-state index in [-0.39, 0.29) is 12.5 Å². The molecule has 0 aliphatic carbocycles. The van der Waals surface area contributed by atoms with Gasteiger partial charge in [-0.15, -0.1) is 0 Å². The van der Waals surface area contributed by atoms with E-state index < -0.39 is 5.60 Å². The molecule has 1 saturated heterocycles. The maximum Gasteiger partial charge on any atom is 0.257 e. The van der Waals surface area contributed by atoms with Crippen LogP contribution in [0.2, 0.25) is 0 Å². The highest BCUT2D eigenvalue weighted by Gasteiger charge is 2.36. The van der Waals surface area contributed by atoms with Crippen LogP contribution in [0.5, 0.6) is 0 Å². The molecule has 0 spiro atoms. The van der Waals surface area contributed by atoms with E-state index in [1.807, 2.05) is 18.2 Å². The number of amides is 1. The van der Waals surface area contributed by atoms with Crippen LogP contribution < -0.4 is 4.90 Å². The maximum atomic E-state index is 12.6. The summed E-state index contributed by atoms with van der Waals surface area (Å²) >= 11 is 0. The zero-order chi connectivity index (χ0) is 17.9. The molecule has 0 bridgehead atoms. The highest BCUT2D eigenvalue weighted by atomic mass is 16.3. The Labute approximate surface area is 147 Å². The lowest BCUT2D eigenvalue weighted by molar-refractivity contribution is -0.000181. The number of hydrogen-bond donors (Lipinski definition) is 1. The molecule has 0 saturated carbocycles. The van der Waals surface area contributed by atoms with Crippen molar-refractivity contribution in [3.63, 3.8) is 0 Å². The summed E-state index contributed by atoms with van der Waals surface area (Å²) in [5.41, 5.74) is 0.132. The molecular weight excluding hydrogens is 318 g/mol. The first-order valence-corrected chi connectivity index (χ1v) is 8.39. The topological polar surface area (TPSA) is 82.5 Å². The fraction of sp³-hybridized carbons (Fsp3) is 0.444. The molecule has 1 fully saturated rings. The molecule has 3 rings (SSSR count). The zero-order valence-corrected chi connectivity index (χ0v) is 14.6. The van der Waals surface area contributed by atoms with E-state index in [0.29, 0.717) is 24.2 Å². The quantitative estimate of drug-likeness (QED) is 0.902. The van der Waals surface area contributed by atoms with E-state index in [4.69, 9.17) is 0 Å². The molecular formula is C18H23N5O2. The molecule has 1 aliphatic heterocycles. The van der Waals surface area contributed by atoms with Crippen LogP contribution in [-0.2, 0) is 0 Å². The van der Waals surface area contributed by atoms with Crippen molar-refractivity contribution in [1.82, 2.24) is 19.9 Å². The van der Waals surface area contributed by atoms with Gasteiger partial charge in [-0.2, -0.15) is 0 Å². The molecule has 132 valence electrons. The molecule has 0 aromatic carbocycles. The number of carbonyl (C=O) groups excluding carboxylic acids is 1. The molecule has 1 aliphatic rings.